The van der Waals surface area contributed by atoms with Gasteiger partial charge in [-0.05, 0) is 32.1 Å². The molecule has 0 aliphatic carbocycles. The number of hydrogen-bond donors (Lipinski definition) is 1. The number of aliphatic hydroxyl groups excluding tert-OH is 1. The molecule has 0 aromatic carbocycles. The summed E-state index contributed by atoms with van der Waals surface area (Å²) in [5.41, 5.74) is 0. The molecule has 1 radical (unpaired) electrons. The maximum Gasteiger partial charge on any atom is 0.0799 e. The van der Waals surface area contributed by atoms with Crippen LogP contribution < -0.4 is 0 Å². The van der Waals surface area contributed by atoms with Gasteiger partial charge in [-0.25, -0.2) is 0 Å². The lowest BCUT2D eigenvalue weighted by Crippen LogP contribution is -1.81. The zero-order chi connectivity index (χ0) is 14.7. The van der Waals surface area contributed by atoms with Crippen molar-refractivity contribution in [1.29, 1.82) is 0 Å². The fourth-order valence-electron chi connectivity index (χ4n) is 2.48. The molecular formula is C19H37O. The predicted octanol–water partition coefficient (Wildman–Crippen LogP) is 6.95. The normalized spacial score (nSPS) is 11.5. The minimum absolute atomic E-state index is 0.862. The van der Waals surface area contributed by atoms with Crippen molar-refractivity contribution in [2.45, 2.75) is 103 Å². The fraction of sp³-hybridized carbons (Fsp3) is 0.842. The van der Waals surface area contributed by atoms with Crippen molar-refractivity contribution in [3.63, 3.8) is 0 Å². The smallest absolute Gasteiger partial charge is 0.0799 e. The van der Waals surface area contributed by atoms with Crippen LogP contribution in [0.5, 0.6) is 0 Å². The second-order valence-corrected chi connectivity index (χ2v) is 5.91. The van der Waals surface area contributed by atoms with Gasteiger partial charge in [-0.1, -0.05) is 83.3 Å². The van der Waals surface area contributed by atoms with Gasteiger partial charge in [-0.15, -0.1) is 0 Å². The van der Waals surface area contributed by atoms with E-state index in [0.29, 0.717) is 0 Å². The van der Waals surface area contributed by atoms with Crippen molar-refractivity contribution < 1.29 is 5.11 Å². The molecule has 0 amide bonds. The van der Waals surface area contributed by atoms with E-state index in [1.165, 1.54) is 90.1 Å². The summed E-state index contributed by atoms with van der Waals surface area (Å²) in [5.74, 6) is 0. The highest BCUT2D eigenvalue weighted by molar-refractivity contribution is 4.81. The molecule has 0 aliphatic heterocycles. The monoisotopic (exact) mass is 281 g/mol. The molecular weight excluding hydrogens is 244 g/mol. The lowest BCUT2D eigenvalue weighted by Gasteiger charge is -2.00. The number of aliphatic hydroxyl groups is 1. The highest BCUT2D eigenvalue weighted by atomic mass is 16.2. The molecule has 0 saturated heterocycles. The van der Waals surface area contributed by atoms with Gasteiger partial charge in [0.25, 0.3) is 0 Å². The Hall–Kier alpha value is -0.300. The SMILES string of the molecule is CCCCCCCC/C=C\CCCCCCCC[CH]O. The van der Waals surface area contributed by atoms with Crippen molar-refractivity contribution >= 4 is 0 Å². The summed E-state index contributed by atoms with van der Waals surface area (Å²) in [6.45, 7) is 3.56. The van der Waals surface area contributed by atoms with Crippen LogP contribution in [-0.2, 0) is 0 Å². The first-order valence-corrected chi connectivity index (χ1v) is 9.02. The van der Waals surface area contributed by atoms with Gasteiger partial charge in [0.1, 0.15) is 0 Å². The highest BCUT2D eigenvalue weighted by Crippen LogP contribution is 2.10. The molecule has 0 unspecified atom stereocenters. The molecule has 1 heteroatoms. The van der Waals surface area contributed by atoms with E-state index in [1.54, 1.807) is 0 Å². The van der Waals surface area contributed by atoms with E-state index in [4.69, 9.17) is 5.11 Å². The Morgan fingerprint density at radius 2 is 0.950 bits per heavy atom. The molecule has 0 atom stereocenters. The second-order valence-electron chi connectivity index (χ2n) is 5.91. The van der Waals surface area contributed by atoms with E-state index >= 15 is 0 Å². The van der Waals surface area contributed by atoms with Crippen molar-refractivity contribution in [2.75, 3.05) is 0 Å². The molecule has 0 heterocycles. The standard InChI is InChI=1S/C19H37O/c1-2-3-4-5-6-7-8-9-10-11-12-13-14-15-16-17-18-19-20/h9-10,19-20H,2-8,11-18H2,1H3/b10-9-. The summed E-state index contributed by atoms with van der Waals surface area (Å²) >= 11 is 0. The molecule has 1 nitrogen and oxygen atoms in total. The minimum atomic E-state index is 0.862. The Morgan fingerprint density at radius 3 is 1.40 bits per heavy atom. The van der Waals surface area contributed by atoms with E-state index in [2.05, 4.69) is 19.1 Å². The highest BCUT2D eigenvalue weighted by Gasteiger charge is 1.91. The zero-order valence-corrected chi connectivity index (χ0v) is 13.8. The predicted molar refractivity (Wildman–Crippen MR) is 90.3 cm³/mol. The van der Waals surface area contributed by atoms with Crippen LogP contribution in [0.3, 0.4) is 0 Å². The van der Waals surface area contributed by atoms with Crippen LogP contribution in [0.25, 0.3) is 0 Å². The van der Waals surface area contributed by atoms with Crippen LogP contribution in [0, 0.1) is 6.61 Å². The minimum Gasteiger partial charge on any atom is -0.390 e. The lowest BCUT2D eigenvalue weighted by atomic mass is 10.1. The van der Waals surface area contributed by atoms with Gasteiger partial charge in [0.2, 0.25) is 0 Å². The second kappa shape index (κ2) is 18.7. The molecule has 1 N–H and O–H groups in total. The first kappa shape index (κ1) is 19.7. The van der Waals surface area contributed by atoms with Crippen molar-refractivity contribution in [3.8, 4) is 0 Å². The zero-order valence-electron chi connectivity index (χ0n) is 13.8. The van der Waals surface area contributed by atoms with Gasteiger partial charge in [-0.2, -0.15) is 0 Å². The van der Waals surface area contributed by atoms with E-state index < -0.39 is 0 Å². The van der Waals surface area contributed by atoms with Crippen LogP contribution >= 0.6 is 0 Å². The first-order chi connectivity index (χ1) is 9.91. The molecule has 0 aromatic heterocycles. The van der Waals surface area contributed by atoms with Gasteiger partial charge in [0.15, 0.2) is 0 Å². The van der Waals surface area contributed by atoms with Crippen molar-refractivity contribution in [1.82, 2.24) is 0 Å². The summed E-state index contributed by atoms with van der Waals surface area (Å²) in [4.78, 5) is 0. The maximum absolute atomic E-state index is 8.55. The maximum atomic E-state index is 8.55. The van der Waals surface area contributed by atoms with Crippen LogP contribution in [-0.4, -0.2) is 5.11 Å². The Morgan fingerprint density at radius 1 is 0.550 bits per heavy atom. The fourth-order valence-corrected chi connectivity index (χ4v) is 2.48. The molecule has 119 valence electrons. The van der Waals surface area contributed by atoms with E-state index in [0.717, 1.165) is 12.8 Å². The lowest BCUT2D eigenvalue weighted by molar-refractivity contribution is 0.367. The van der Waals surface area contributed by atoms with Crippen LogP contribution in [0.1, 0.15) is 103 Å². The Bertz CT molecular complexity index is 186. The van der Waals surface area contributed by atoms with Crippen LogP contribution in [0.15, 0.2) is 12.2 Å². The summed E-state index contributed by atoms with van der Waals surface area (Å²) in [6.07, 6.45) is 24.4. The van der Waals surface area contributed by atoms with Gasteiger partial charge in [0, 0.05) is 0 Å². The Kier molecular flexibility index (Phi) is 18.4. The summed E-state index contributed by atoms with van der Waals surface area (Å²) < 4.78 is 0. The molecule has 20 heavy (non-hydrogen) atoms. The third-order valence-corrected chi connectivity index (χ3v) is 3.85. The average Bonchev–Trinajstić information content (AvgIpc) is 2.47. The molecule has 0 rings (SSSR count). The van der Waals surface area contributed by atoms with Crippen molar-refractivity contribution in [2.24, 2.45) is 0 Å². The Labute approximate surface area is 127 Å². The number of rotatable bonds is 16. The quantitative estimate of drug-likeness (QED) is 0.240. The molecule has 0 saturated carbocycles. The third-order valence-electron chi connectivity index (χ3n) is 3.85. The van der Waals surface area contributed by atoms with Gasteiger partial charge in [0.05, 0.1) is 6.61 Å². The van der Waals surface area contributed by atoms with Gasteiger partial charge < -0.3 is 5.11 Å². The van der Waals surface area contributed by atoms with Gasteiger partial charge >= 0.3 is 0 Å². The summed E-state index contributed by atoms with van der Waals surface area (Å²) in [5, 5.41) is 8.55. The molecule has 0 aromatic rings. The Balaban J connectivity index is 3.01. The molecule has 0 fully saturated rings. The third kappa shape index (κ3) is 17.7. The summed E-state index contributed by atoms with van der Waals surface area (Å²) in [7, 11) is 0. The average molecular weight is 282 g/mol. The van der Waals surface area contributed by atoms with Crippen LogP contribution in [0.4, 0.5) is 0 Å². The number of allylic oxidation sites excluding steroid dienone is 2. The van der Waals surface area contributed by atoms with Gasteiger partial charge in [-0.3, -0.25) is 0 Å². The van der Waals surface area contributed by atoms with Crippen LogP contribution in [0.2, 0.25) is 0 Å². The van der Waals surface area contributed by atoms with E-state index in [-0.39, 0.29) is 0 Å². The largest absolute Gasteiger partial charge is 0.390 e. The number of hydrogen-bond acceptors (Lipinski definition) is 1. The topological polar surface area (TPSA) is 20.2 Å². The van der Waals surface area contributed by atoms with E-state index in [1.807, 2.05) is 0 Å². The number of unbranched alkanes of at least 4 members (excludes halogenated alkanes) is 13. The molecule has 0 bridgehead atoms. The summed E-state index contributed by atoms with van der Waals surface area (Å²) in [6, 6.07) is 0. The molecule has 0 aliphatic rings. The van der Waals surface area contributed by atoms with Crippen molar-refractivity contribution in [3.05, 3.63) is 18.8 Å². The first-order valence-electron chi connectivity index (χ1n) is 9.02. The van der Waals surface area contributed by atoms with E-state index in [9.17, 15) is 0 Å². The molecule has 0 spiro atoms.